The Morgan fingerprint density at radius 3 is 3.00 bits per heavy atom. The lowest BCUT2D eigenvalue weighted by molar-refractivity contribution is -0.117. The number of carbonyl (C=O) groups excluding carboxylic acids is 1. The number of halogens is 1. The van der Waals surface area contributed by atoms with Gasteiger partial charge in [-0.3, -0.25) is 4.79 Å². The third-order valence-corrected chi connectivity index (χ3v) is 3.75. The lowest BCUT2D eigenvalue weighted by Crippen LogP contribution is -2.25. The monoisotopic (exact) mass is 287 g/mol. The molecule has 0 aliphatic heterocycles. The van der Waals surface area contributed by atoms with Crippen LogP contribution in [-0.2, 0) is 11.2 Å². The Morgan fingerprint density at radius 1 is 1.30 bits per heavy atom. The summed E-state index contributed by atoms with van der Waals surface area (Å²) in [5.74, 6) is 0.290. The van der Waals surface area contributed by atoms with E-state index in [2.05, 4.69) is 21.4 Å². The standard InChI is InChI=1S/C15H14ClN3O/c16-15-17-9-8-13(19-15)18-14(20)12-7-3-5-10-4-1-2-6-11(10)12/h1-2,4,6,8-9,12H,3,5,7H2,(H,17,18,19,20). The van der Waals surface area contributed by atoms with Crippen molar-refractivity contribution in [2.24, 2.45) is 0 Å². The van der Waals surface area contributed by atoms with Crippen LogP contribution in [0.5, 0.6) is 0 Å². The fourth-order valence-electron chi connectivity index (χ4n) is 2.64. The zero-order valence-electron chi connectivity index (χ0n) is 10.8. The average molecular weight is 288 g/mol. The minimum absolute atomic E-state index is 0.0353. The second-order valence-corrected chi connectivity index (χ2v) is 5.18. The van der Waals surface area contributed by atoms with E-state index in [0.29, 0.717) is 5.82 Å². The summed E-state index contributed by atoms with van der Waals surface area (Å²) in [4.78, 5) is 20.2. The van der Waals surface area contributed by atoms with Gasteiger partial charge in [-0.1, -0.05) is 24.3 Å². The number of aromatic nitrogens is 2. The molecule has 0 fully saturated rings. The Balaban J connectivity index is 1.82. The number of carbonyl (C=O) groups is 1. The molecule has 1 aromatic heterocycles. The summed E-state index contributed by atoms with van der Waals surface area (Å²) in [5, 5.41) is 2.95. The van der Waals surface area contributed by atoms with E-state index < -0.39 is 0 Å². The molecule has 3 rings (SSSR count). The predicted octanol–water partition coefficient (Wildman–Crippen LogP) is 3.19. The van der Waals surface area contributed by atoms with Crippen LogP contribution in [-0.4, -0.2) is 15.9 Å². The molecule has 0 bridgehead atoms. The second-order valence-electron chi connectivity index (χ2n) is 4.84. The van der Waals surface area contributed by atoms with E-state index in [0.717, 1.165) is 24.8 Å². The number of hydrogen-bond acceptors (Lipinski definition) is 3. The molecule has 2 aromatic rings. The van der Waals surface area contributed by atoms with Crippen molar-refractivity contribution in [1.82, 2.24) is 9.97 Å². The van der Waals surface area contributed by atoms with Gasteiger partial charge in [0.05, 0.1) is 5.92 Å². The molecule has 1 aliphatic carbocycles. The summed E-state index contributed by atoms with van der Waals surface area (Å²) in [5.41, 5.74) is 2.39. The molecule has 1 N–H and O–H groups in total. The number of aryl methyl sites for hydroxylation is 1. The van der Waals surface area contributed by atoms with Gasteiger partial charge >= 0.3 is 0 Å². The molecular weight excluding hydrogens is 274 g/mol. The SMILES string of the molecule is O=C(Nc1ccnc(Cl)n1)C1CCCc2ccccc21. The smallest absolute Gasteiger partial charge is 0.233 e. The largest absolute Gasteiger partial charge is 0.310 e. The summed E-state index contributed by atoms with van der Waals surface area (Å²) in [6.07, 6.45) is 4.46. The van der Waals surface area contributed by atoms with E-state index in [-0.39, 0.29) is 17.1 Å². The first-order chi connectivity index (χ1) is 9.74. The van der Waals surface area contributed by atoms with Gasteiger partial charge in [0.15, 0.2) is 0 Å². The fraction of sp³-hybridized carbons (Fsp3) is 0.267. The molecule has 0 saturated heterocycles. The maximum Gasteiger partial charge on any atom is 0.233 e. The van der Waals surface area contributed by atoms with Gasteiger partial charge in [-0.25, -0.2) is 9.97 Å². The van der Waals surface area contributed by atoms with Gasteiger partial charge in [0, 0.05) is 6.20 Å². The molecule has 4 nitrogen and oxygen atoms in total. The van der Waals surface area contributed by atoms with E-state index in [4.69, 9.17) is 11.6 Å². The van der Waals surface area contributed by atoms with Crippen LogP contribution in [0.25, 0.3) is 0 Å². The van der Waals surface area contributed by atoms with Gasteiger partial charge in [-0.15, -0.1) is 0 Å². The highest BCUT2D eigenvalue weighted by molar-refractivity contribution is 6.28. The highest BCUT2D eigenvalue weighted by Crippen LogP contribution is 2.32. The highest BCUT2D eigenvalue weighted by Gasteiger charge is 2.26. The Labute approximate surface area is 122 Å². The molecule has 1 amide bonds. The van der Waals surface area contributed by atoms with Crippen molar-refractivity contribution in [3.63, 3.8) is 0 Å². The number of amides is 1. The van der Waals surface area contributed by atoms with E-state index in [9.17, 15) is 4.79 Å². The summed E-state index contributed by atoms with van der Waals surface area (Å²) < 4.78 is 0. The molecule has 5 heteroatoms. The van der Waals surface area contributed by atoms with Crippen LogP contribution in [0.2, 0.25) is 5.28 Å². The van der Waals surface area contributed by atoms with Crippen molar-refractivity contribution < 1.29 is 4.79 Å². The van der Waals surface area contributed by atoms with Crippen molar-refractivity contribution in [3.8, 4) is 0 Å². The van der Waals surface area contributed by atoms with Crippen molar-refractivity contribution in [1.29, 1.82) is 0 Å². The maximum atomic E-state index is 12.4. The van der Waals surface area contributed by atoms with Gasteiger partial charge in [0.25, 0.3) is 0 Å². The third kappa shape index (κ3) is 2.65. The summed E-state index contributed by atoms with van der Waals surface area (Å²) >= 11 is 5.72. The Kier molecular flexibility index (Phi) is 3.65. The lowest BCUT2D eigenvalue weighted by Gasteiger charge is -2.24. The first-order valence-electron chi connectivity index (χ1n) is 6.61. The number of nitrogens with one attached hydrogen (secondary N) is 1. The number of benzene rings is 1. The van der Waals surface area contributed by atoms with Crippen LogP contribution in [0.4, 0.5) is 5.82 Å². The number of hydrogen-bond donors (Lipinski definition) is 1. The Hall–Kier alpha value is -1.94. The van der Waals surface area contributed by atoms with Crippen LogP contribution in [0.1, 0.15) is 29.9 Å². The van der Waals surface area contributed by atoms with Crippen LogP contribution in [0.15, 0.2) is 36.5 Å². The van der Waals surface area contributed by atoms with E-state index in [1.165, 1.54) is 11.8 Å². The van der Waals surface area contributed by atoms with Crippen LogP contribution < -0.4 is 5.32 Å². The topological polar surface area (TPSA) is 54.9 Å². The molecule has 0 spiro atoms. The average Bonchev–Trinajstić information content (AvgIpc) is 2.46. The first-order valence-corrected chi connectivity index (χ1v) is 6.99. The predicted molar refractivity (Wildman–Crippen MR) is 77.8 cm³/mol. The first kappa shape index (κ1) is 13.1. The molecule has 1 heterocycles. The molecule has 1 unspecified atom stereocenters. The van der Waals surface area contributed by atoms with Crippen molar-refractivity contribution in [2.75, 3.05) is 5.32 Å². The molecule has 0 radical (unpaired) electrons. The number of nitrogens with zero attached hydrogens (tertiary/aromatic N) is 2. The van der Waals surface area contributed by atoms with E-state index >= 15 is 0 Å². The van der Waals surface area contributed by atoms with Gasteiger partial charge in [-0.2, -0.15) is 0 Å². The zero-order chi connectivity index (χ0) is 13.9. The summed E-state index contributed by atoms with van der Waals surface area (Å²) in [6.45, 7) is 0. The third-order valence-electron chi connectivity index (χ3n) is 3.56. The number of fused-ring (bicyclic) bond motifs is 1. The Morgan fingerprint density at radius 2 is 2.15 bits per heavy atom. The zero-order valence-corrected chi connectivity index (χ0v) is 11.6. The minimum atomic E-state index is -0.117. The van der Waals surface area contributed by atoms with E-state index in [1.807, 2.05) is 18.2 Å². The molecular formula is C15H14ClN3O. The summed E-state index contributed by atoms with van der Waals surface area (Å²) in [6, 6.07) is 9.76. The lowest BCUT2D eigenvalue weighted by atomic mass is 9.82. The maximum absolute atomic E-state index is 12.4. The fourth-order valence-corrected chi connectivity index (χ4v) is 2.79. The number of rotatable bonds is 2. The molecule has 1 aliphatic rings. The second kappa shape index (κ2) is 5.59. The number of anilines is 1. The van der Waals surface area contributed by atoms with Crippen molar-refractivity contribution in [3.05, 3.63) is 52.9 Å². The van der Waals surface area contributed by atoms with Gasteiger partial charge < -0.3 is 5.32 Å². The van der Waals surface area contributed by atoms with Gasteiger partial charge in [-0.05, 0) is 48.1 Å². The van der Waals surface area contributed by atoms with Crippen LogP contribution in [0.3, 0.4) is 0 Å². The van der Waals surface area contributed by atoms with Crippen LogP contribution >= 0.6 is 11.6 Å². The molecule has 0 saturated carbocycles. The quantitative estimate of drug-likeness (QED) is 0.863. The molecule has 20 heavy (non-hydrogen) atoms. The van der Waals surface area contributed by atoms with Gasteiger partial charge in [0.1, 0.15) is 5.82 Å². The van der Waals surface area contributed by atoms with Gasteiger partial charge in [0.2, 0.25) is 11.2 Å². The van der Waals surface area contributed by atoms with Crippen LogP contribution in [0, 0.1) is 0 Å². The molecule has 102 valence electrons. The summed E-state index contributed by atoms with van der Waals surface area (Å²) in [7, 11) is 0. The Bertz CT molecular complexity index is 645. The minimum Gasteiger partial charge on any atom is -0.310 e. The highest BCUT2D eigenvalue weighted by atomic mass is 35.5. The van der Waals surface area contributed by atoms with Crippen molar-refractivity contribution >= 4 is 23.3 Å². The molecule has 1 atom stereocenters. The van der Waals surface area contributed by atoms with Crippen molar-refractivity contribution in [2.45, 2.75) is 25.2 Å². The molecule has 1 aromatic carbocycles. The van der Waals surface area contributed by atoms with E-state index in [1.54, 1.807) is 6.07 Å². The normalized spacial score (nSPS) is 17.4.